The molecule has 1 N–H and O–H groups in total. The van der Waals surface area contributed by atoms with Crippen molar-refractivity contribution in [3.05, 3.63) is 30.5 Å². The lowest BCUT2D eigenvalue weighted by atomic mass is 10.0. The van der Waals surface area contributed by atoms with Gasteiger partial charge in [-0.25, -0.2) is 0 Å². The second-order valence-corrected chi connectivity index (χ2v) is 7.02. The van der Waals surface area contributed by atoms with Gasteiger partial charge in [0, 0.05) is 61.6 Å². The minimum Gasteiger partial charge on any atom is -0.346 e. The molecule has 1 amide bonds. The highest BCUT2D eigenvalue weighted by Crippen LogP contribution is 2.37. The van der Waals surface area contributed by atoms with E-state index in [2.05, 4.69) is 63.4 Å². The van der Waals surface area contributed by atoms with Crippen LogP contribution < -0.4 is 5.32 Å². The number of rotatable bonds is 9. The number of amides is 1. The van der Waals surface area contributed by atoms with Gasteiger partial charge in [-0.2, -0.15) is 10.2 Å². The standard InChI is InChI=1S/C20H25N5O/c1-4-5-10-20(22-23-20)11-8-19(26)21-17-6-7-18-16(15-17)9-12-25(18)14-13-24(2)3/h1,6-7,9,12,15H,5,8,10-11,13-14H2,2-3H3,(H,21,26). The molecule has 0 bridgehead atoms. The maximum Gasteiger partial charge on any atom is 0.224 e. The highest BCUT2D eigenvalue weighted by Gasteiger charge is 2.39. The number of anilines is 1. The Morgan fingerprint density at radius 1 is 1.31 bits per heavy atom. The van der Waals surface area contributed by atoms with Crippen molar-refractivity contribution in [2.24, 2.45) is 10.2 Å². The summed E-state index contributed by atoms with van der Waals surface area (Å²) in [6.07, 6.45) is 9.74. The third-order valence-corrected chi connectivity index (χ3v) is 4.65. The van der Waals surface area contributed by atoms with E-state index in [0.29, 0.717) is 19.3 Å². The predicted octanol–water partition coefficient (Wildman–Crippen LogP) is 3.50. The van der Waals surface area contributed by atoms with E-state index in [0.717, 1.165) is 30.6 Å². The van der Waals surface area contributed by atoms with Crippen LogP contribution in [-0.4, -0.2) is 41.7 Å². The third-order valence-electron chi connectivity index (χ3n) is 4.65. The van der Waals surface area contributed by atoms with Crippen LogP contribution in [0.4, 0.5) is 5.69 Å². The van der Waals surface area contributed by atoms with E-state index in [1.807, 2.05) is 12.1 Å². The number of nitrogens with zero attached hydrogens (tertiary/aromatic N) is 4. The number of carbonyl (C=O) groups excluding carboxylic acids is 1. The van der Waals surface area contributed by atoms with Crippen LogP contribution in [0.5, 0.6) is 0 Å². The second-order valence-electron chi connectivity index (χ2n) is 7.02. The van der Waals surface area contributed by atoms with Gasteiger partial charge < -0.3 is 14.8 Å². The minimum atomic E-state index is -0.405. The smallest absolute Gasteiger partial charge is 0.224 e. The Morgan fingerprint density at radius 3 is 2.81 bits per heavy atom. The lowest BCUT2D eigenvalue weighted by molar-refractivity contribution is -0.116. The van der Waals surface area contributed by atoms with E-state index in [4.69, 9.17) is 6.42 Å². The molecule has 2 heterocycles. The number of hydrogen-bond acceptors (Lipinski definition) is 4. The average molecular weight is 351 g/mol. The van der Waals surface area contributed by atoms with Crippen LogP contribution in [0.25, 0.3) is 10.9 Å². The molecule has 0 saturated heterocycles. The van der Waals surface area contributed by atoms with Crippen LogP contribution in [0.3, 0.4) is 0 Å². The van der Waals surface area contributed by atoms with Crippen molar-refractivity contribution in [3.63, 3.8) is 0 Å². The fraction of sp³-hybridized carbons (Fsp3) is 0.450. The summed E-state index contributed by atoms with van der Waals surface area (Å²) in [7, 11) is 4.14. The van der Waals surface area contributed by atoms with E-state index in [1.54, 1.807) is 0 Å². The zero-order chi connectivity index (χ0) is 18.6. The average Bonchev–Trinajstić information content (AvgIpc) is 3.28. The summed E-state index contributed by atoms with van der Waals surface area (Å²) in [5, 5.41) is 12.2. The van der Waals surface area contributed by atoms with E-state index in [1.165, 1.54) is 5.52 Å². The van der Waals surface area contributed by atoms with Gasteiger partial charge in [0.1, 0.15) is 0 Å². The van der Waals surface area contributed by atoms with Crippen molar-refractivity contribution in [2.45, 2.75) is 37.9 Å². The Labute approximate surface area is 154 Å². The molecule has 2 aromatic rings. The van der Waals surface area contributed by atoms with Gasteiger partial charge >= 0.3 is 0 Å². The summed E-state index contributed by atoms with van der Waals surface area (Å²) in [6.45, 7) is 1.93. The number of benzene rings is 1. The summed E-state index contributed by atoms with van der Waals surface area (Å²) in [5.74, 6) is 2.58. The number of aromatic nitrogens is 1. The topological polar surface area (TPSA) is 62.0 Å². The number of nitrogens with one attached hydrogen (secondary N) is 1. The van der Waals surface area contributed by atoms with Gasteiger partial charge in [-0.3, -0.25) is 4.79 Å². The van der Waals surface area contributed by atoms with Crippen LogP contribution in [0.2, 0.25) is 0 Å². The Balaban J connectivity index is 1.55. The first kappa shape index (κ1) is 18.2. The molecular weight excluding hydrogens is 326 g/mol. The monoisotopic (exact) mass is 351 g/mol. The number of carbonyl (C=O) groups is 1. The molecule has 0 aliphatic carbocycles. The van der Waals surface area contributed by atoms with Crippen LogP contribution >= 0.6 is 0 Å². The molecule has 6 nitrogen and oxygen atoms in total. The maximum absolute atomic E-state index is 12.2. The Bertz CT molecular complexity index is 853. The van der Waals surface area contributed by atoms with E-state index in [9.17, 15) is 4.79 Å². The number of likely N-dealkylation sites (N-methyl/N-ethyl adjacent to an activating group) is 1. The van der Waals surface area contributed by atoms with Crippen molar-refractivity contribution >= 4 is 22.5 Å². The van der Waals surface area contributed by atoms with Crippen LogP contribution in [0, 0.1) is 12.3 Å². The fourth-order valence-corrected chi connectivity index (χ4v) is 2.99. The number of hydrogen-bond donors (Lipinski definition) is 1. The Kier molecular flexibility index (Phi) is 5.38. The molecule has 0 saturated carbocycles. The zero-order valence-electron chi connectivity index (χ0n) is 15.4. The maximum atomic E-state index is 12.2. The van der Waals surface area contributed by atoms with E-state index < -0.39 is 5.66 Å². The van der Waals surface area contributed by atoms with Gasteiger partial charge in [-0.15, -0.1) is 12.3 Å². The Hall–Kier alpha value is -2.65. The lowest BCUT2D eigenvalue weighted by Crippen LogP contribution is -2.18. The summed E-state index contributed by atoms with van der Waals surface area (Å²) >= 11 is 0. The molecular formula is C20H25N5O. The molecule has 136 valence electrons. The molecule has 1 aromatic carbocycles. The molecule has 1 aliphatic rings. The summed E-state index contributed by atoms with van der Waals surface area (Å²) in [4.78, 5) is 14.4. The molecule has 1 aliphatic heterocycles. The van der Waals surface area contributed by atoms with E-state index >= 15 is 0 Å². The van der Waals surface area contributed by atoms with Crippen LogP contribution in [-0.2, 0) is 11.3 Å². The van der Waals surface area contributed by atoms with Gasteiger partial charge in [-0.05, 0) is 38.4 Å². The van der Waals surface area contributed by atoms with Gasteiger partial charge in [-0.1, -0.05) is 0 Å². The number of terminal acetylenes is 1. The van der Waals surface area contributed by atoms with Crippen LogP contribution in [0.1, 0.15) is 25.7 Å². The van der Waals surface area contributed by atoms with Crippen molar-refractivity contribution < 1.29 is 4.79 Å². The first-order valence-electron chi connectivity index (χ1n) is 8.92. The normalized spacial score (nSPS) is 14.5. The van der Waals surface area contributed by atoms with Crippen LogP contribution in [0.15, 0.2) is 40.7 Å². The Morgan fingerprint density at radius 2 is 2.12 bits per heavy atom. The van der Waals surface area contributed by atoms with Crippen molar-refractivity contribution in [2.75, 3.05) is 26.0 Å². The zero-order valence-corrected chi connectivity index (χ0v) is 15.4. The van der Waals surface area contributed by atoms with Crippen molar-refractivity contribution in [1.82, 2.24) is 9.47 Å². The highest BCUT2D eigenvalue weighted by molar-refractivity contribution is 5.94. The lowest BCUT2D eigenvalue weighted by Gasteiger charge is -2.12. The van der Waals surface area contributed by atoms with Gasteiger partial charge in [0.05, 0.1) is 0 Å². The fourth-order valence-electron chi connectivity index (χ4n) is 2.99. The molecule has 26 heavy (non-hydrogen) atoms. The molecule has 0 atom stereocenters. The first-order chi connectivity index (χ1) is 12.5. The largest absolute Gasteiger partial charge is 0.346 e. The SMILES string of the molecule is C#CCCC1(CCC(=O)Nc2ccc3c(ccn3CCN(C)C)c2)N=N1. The first-order valence-corrected chi connectivity index (χ1v) is 8.92. The quantitative estimate of drug-likeness (QED) is 0.703. The molecule has 3 rings (SSSR count). The number of fused-ring (bicyclic) bond motifs is 1. The van der Waals surface area contributed by atoms with Crippen molar-refractivity contribution in [1.29, 1.82) is 0 Å². The van der Waals surface area contributed by atoms with E-state index in [-0.39, 0.29) is 5.91 Å². The molecule has 6 heteroatoms. The summed E-state index contributed by atoms with van der Waals surface area (Å²) in [6, 6.07) is 8.10. The third kappa shape index (κ3) is 4.50. The second kappa shape index (κ2) is 7.71. The van der Waals surface area contributed by atoms with Gasteiger partial charge in [0.2, 0.25) is 5.91 Å². The summed E-state index contributed by atoms with van der Waals surface area (Å²) < 4.78 is 2.23. The molecule has 0 spiro atoms. The molecule has 0 unspecified atom stereocenters. The predicted molar refractivity (Wildman–Crippen MR) is 104 cm³/mol. The van der Waals surface area contributed by atoms with Gasteiger partial charge in [0.15, 0.2) is 5.66 Å². The van der Waals surface area contributed by atoms with Crippen molar-refractivity contribution in [3.8, 4) is 12.3 Å². The molecule has 0 fully saturated rings. The van der Waals surface area contributed by atoms with Gasteiger partial charge in [0.25, 0.3) is 0 Å². The molecule has 0 radical (unpaired) electrons. The minimum absolute atomic E-state index is 0.0197. The summed E-state index contributed by atoms with van der Waals surface area (Å²) in [5.41, 5.74) is 1.58. The molecule has 1 aromatic heterocycles. The highest BCUT2D eigenvalue weighted by atomic mass is 16.1.